The van der Waals surface area contributed by atoms with E-state index in [1.165, 1.54) is 38.2 Å². The average Bonchev–Trinajstić information content (AvgIpc) is 3.39. The zero-order valence-electron chi connectivity index (χ0n) is 21.1. The van der Waals surface area contributed by atoms with Crippen molar-refractivity contribution < 1.29 is 4.42 Å². The van der Waals surface area contributed by atoms with Crippen molar-refractivity contribution in [2.75, 3.05) is 0 Å². The number of furan rings is 1. The molecule has 0 saturated carbocycles. The van der Waals surface area contributed by atoms with Crippen LogP contribution in [0.1, 0.15) is 0 Å². The Kier molecular flexibility index (Phi) is 4.86. The van der Waals surface area contributed by atoms with Gasteiger partial charge in [0, 0.05) is 28.1 Å². The van der Waals surface area contributed by atoms with Gasteiger partial charge >= 0.3 is 0 Å². The van der Waals surface area contributed by atoms with E-state index in [1.807, 2.05) is 18.3 Å². The fraction of sp³-hybridized carbons (Fsp3) is 0. The Morgan fingerprint density at radius 3 is 1.62 bits per heavy atom. The highest BCUT2D eigenvalue weighted by Gasteiger charge is 2.17. The number of hydrogen-bond donors (Lipinski definition) is 0. The van der Waals surface area contributed by atoms with Crippen molar-refractivity contribution in [3.63, 3.8) is 0 Å². The van der Waals surface area contributed by atoms with Gasteiger partial charge in [0.15, 0.2) is 0 Å². The van der Waals surface area contributed by atoms with E-state index in [-0.39, 0.29) is 0 Å². The quantitative estimate of drug-likeness (QED) is 0.227. The first kappa shape index (κ1) is 21.8. The number of hydrogen-bond acceptors (Lipinski definition) is 2. The van der Waals surface area contributed by atoms with Gasteiger partial charge in [0.1, 0.15) is 11.2 Å². The first-order valence-corrected chi connectivity index (χ1v) is 13.2. The van der Waals surface area contributed by atoms with Crippen molar-refractivity contribution >= 4 is 43.5 Å². The van der Waals surface area contributed by atoms with Crippen LogP contribution >= 0.6 is 0 Å². The number of rotatable bonds is 3. The molecular weight excluding hydrogens is 474 g/mol. The molecule has 0 aliphatic rings. The summed E-state index contributed by atoms with van der Waals surface area (Å²) in [7, 11) is 0. The van der Waals surface area contributed by atoms with Crippen LogP contribution in [0.2, 0.25) is 0 Å². The van der Waals surface area contributed by atoms with Crippen molar-refractivity contribution in [1.82, 2.24) is 4.98 Å². The number of para-hydroxylation sites is 2. The number of aromatic nitrogens is 1. The molecule has 0 atom stereocenters. The summed E-state index contributed by atoms with van der Waals surface area (Å²) in [5.41, 5.74) is 8.48. The summed E-state index contributed by atoms with van der Waals surface area (Å²) in [4.78, 5) is 4.98. The maximum Gasteiger partial charge on any atom is 0.144 e. The van der Waals surface area contributed by atoms with E-state index in [9.17, 15) is 0 Å². The second kappa shape index (κ2) is 8.68. The molecule has 0 aliphatic carbocycles. The highest BCUT2D eigenvalue weighted by Crippen LogP contribution is 2.43. The molecule has 8 aromatic rings. The lowest BCUT2D eigenvalue weighted by molar-refractivity contribution is 0.670. The molecule has 2 heterocycles. The first-order chi connectivity index (χ1) is 19.4. The standard InChI is InChI=1S/C37H23NO/c1-2-11-24(12-3-1)35-27-14-4-6-16-29(27)36(30-17-7-5-15-28(30)35)25-21-22-33(38-23-25)32-19-10-18-31-26-13-8-9-20-34(26)39-37(31)32/h1-23H. The second-order valence-corrected chi connectivity index (χ2v) is 9.92. The van der Waals surface area contributed by atoms with Gasteiger partial charge in [0.25, 0.3) is 0 Å². The number of fused-ring (bicyclic) bond motifs is 5. The monoisotopic (exact) mass is 497 g/mol. The van der Waals surface area contributed by atoms with E-state index in [4.69, 9.17) is 9.40 Å². The van der Waals surface area contributed by atoms with Crippen molar-refractivity contribution in [3.8, 4) is 33.5 Å². The normalized spacial score (nSPS) is 11.6. The molecule has 39 heavy (non-hydrogen) atoms. The van der Waals surface area contributed by atoms with Crippen LogP contribution in [0, 0.1) is 0 Å². The van der Waals surface area contributed by atoms with Crippen LogP contribution in [-0.2, 0) is 0 Å². The molecule has 6 aromatic carbocycles. The smallest absolute Gasteiger partial charge is 0.144 e. The highest BCUT2D eigenvalue weighted by molar-refractivity contribution is 6.21. The molecule has 2 nitrogen and oxygen atoms in total. The zero-order chi connectivity index (χ0) is 25.8. The molecule has 0 amide bonds. The lowest BCUT2D eigenvalue weighted by Crippen LogP contribution is -1.92. The third-order valence-electron chi connectivity index (χ3n) is 7.73. The van der Waals surface area contributed by atoms with Crippen molar-refractivity contribution in [2.24, 2.45) is 0 Å². The summed E-state index contributed by atoms with van der Waals surface area (Å²) in [5, 5.41) is 7.18. The summed E-state index contributed by atoms with van der Waals surface area (Å²) in [6.07, 6.45) is 2.01. The Balaban J connectivity index is 1.35. The summed E-state index contributed by atoms with van der Waals surface area (Å²) in [6, 6.07) is 46.9. The number of benzene rings is 6. The Hall–Kier alpha value is -5.21. The van der Waals surface area contributed by atoms with Gasteiger partial charge < -0.3 is 4.42 Å². The molecule has 2 heteroatoms. The number of nitrogens with zero attached hydrogens (tertiary/aromatic N) is 1. The van der Waals surface area contributed by atoms with Crippen LogP contribution in [-0.4, -0.2) is 4.98 Å². The first-order valence-electron chi connectivity index (χ1n) is 13.2. The summed E-state index contributed by atoms with van der Waals surface area (Å²) < 4.78 is 6.28. The Bertz CT molecular complexity index is 2100. The molecule has 0 bridgehead atoms. The molecular formula is C37H23NO. The van der Waals surface area contributed by atoms with E-state index < -0.39 is 0 Å². The van der Waals surface area contributed by atoms with Crippen LogP contribution in [0.15, 0.2) is 144 Å². The molecule has 0 aliphatic heterocycles. The van der Waals surface area contributed by atoms with E-state index in [0.29, 0.717) is 0 Å². The number of pyridine rings is 1. The van der Waals surface area contributed by atoms with E-state index in [2.05, 4.69) is 121 Å². The minimum Gasteiger partial charge on any atom is -0.455 e. The van der Waals surface area contributed by atoms with Gasteiger partial charge in [-0.25, -0.2) is 0 Å². The molecule has 0 saturated heterocycles. The predicted molar refractivity (Wildman–Crippen MR) is 163 cm³/mol. The van der Waals surface area contributed by atoms with Crippen LogP contribution in [0.5, 0.6) is 0 Å². The van der Waals surface area contributed by atoms with Crippen LogP contribution in [0.3, 0.4) is 0 Å². The minimum absolute atomic E-state index is 0.877. The SMILES string of the molecule is c1ccc(-c2c3ccccc3c(-c3ccc(-c4cccc5c4oc4ccccc45)nc3)c3ccccc23)cc1. The van der Waals surface area contributed by atoms with Gasteiger partial charge in [-0.3, -0.25) is 4.98 Å². The van der Waals surface area contributed by atoms with E-state index >= 15 is 0 Å². The maximum absolute atomic E-state index is 6.28. The summed E-state index contributed by atoms with van der Waals surface area (Å²) in [5.74, 6) is 0. The lowest BCUT2D eigenvalue weighted by atomic mass is 9.86. The largest absolute Gasteiger partial charge is 0.455 e. The summed E-state index contributed by atoms with van der Waals surface area (Å²) >= 11 is 0. The zero-order valence-corrected chi connectivity index (χ0v) is 21.1. The van der Waals surface area contributed by atoms with Crippen molar-refractivity contribution in [2.45, 2.75) is 0 Å². The van der Waals surface area contributed by atoms with Crippen LogP contribution in [0.25, 0.3) is 77.0 Å². The average molecular weight is 498 g/mol. The summed E-state index contributed by atoms with van der Waals surface area (Å²) in [6.45, 7) is 0. The molecule has 0 unspecified atom stereocenters. The Morgan fingerprint density at radius 1 is 0.410 bits per heavy atom. The van der Waals surface area contributed by atoms with Gasteiger partial charge in [-0.15, -0.1) is 0 Å². The van der Waals surface area contributed by atoms with Gasteiger partial charge in [-0.2, -0.15) is 0 Å². The highest BCUT2D eigenvalue weighted by atomic mass is 16.3. The van der Waals surface area contributed by atoms with Gasteiger partial charge in [0.05, 0.1) is 5.69 Å². The van der Waals surface area contributed by atoms with Crippen molar-refractivity contribution in [3.05, 3.63) is 140 Å². The fourth-order valence-electron chi connectivity index (χ4n) is 6.01. The fourth-order valence-corrected chi connectivity index (χ4v) is 6.01. The molecule has 182 valence electrons. The van der Waals surface area contributed by atoms with Gasteiger partial charge in [-0.1, -0.05) is 115 Å². The Morgan fingerprint density at radius 2 is 0.974 bits per heavy atom. The van der Waals surface area contributed by atoms with Crippen LogP contribution in [0.4, 0.5) is 0 Å². The minimum atomic E-state index is 0.877. The lowest BCUT2D eigenvalue weighted by Gasteiger charge is -2.17. The molecule has 0 fully saturated rings. The topological polar surface area (TPSA) is 26.0 Å². The maximum atomic E-state index is 6.28. The molecule has 2 aromatic heterocycles. The van der Waals surface area contributed by atoms with E-state index in [0.717, 1.165) is 38.8 Å². The molecule has 8 rings (SSSR count). The van der Waals surface area contributed by atoms with Crippen LogP contribution < -0.4 is 0 Å². The predicted octanol–water partition coefficient (Wildman–Crippen LogP) is 10.3. The van der Waals surface area contributed by atoms with E-state index in [1.54, 1.807) is 0 Å². The Labute approximate surface area is 225 Å². The van der Waals surface area contributed by atoms with Gasteiger partial charge in [0.2, 0.25) is 0 Å². The molecule has 0 N–H and O–H groups in total. The molecule has 0 spiro atoms. The second-order valence-electron chi connectivity index (χ2n) is 9.92. The third-order valence-corrected chi connectivity index (χ3v) is 7.73. The molecule has 0 radical (unpaired) electrons. The van der Waals surface area contributed by atoms with Crippen molar-refractivity contribution in [1.29, 1.82) is 0 Å². The van der Waals surface area contributed by atoms with Gasteiger partial charge in [-0.05, 0) is 56.4 Å². The third kappa shape index (κ3) is 3.39.